The first kappa shape index (κ1) is 33.2. The molecule has 2 unspecified atom stereocenters. The molecule has 1 spiro atoms. The number of anilines is 2. The molecule has 3 aliphatic heterocycles. The topological polar surface area (TPSA) is 278 Å². The highest BCUT2D eigenvalue weighted by Gasteiger charge is 2.84. The number of halogens is 3. The van der Waals surface area contributed by atoms with Gasteiger partial charge < -0.3 is 35.5 Å². The zero-order valence-corrected chi connectivity index (χ0v) is 26.6. The van der Waals surface area contributed by atoms with Gasteiger partial charge in [0.1, 0.15) is 36.3 Å². The van der Waals surface area contributed by atoms with Crippen LogP contribution >= 0.6 is 15.6 Å². The lowest BCUT2D eigenvalue weighted by molar-refractivity contribution is -0.0672. The van der Waals surface area contributed by atoms with Crippen molar-refractivity contribution in [2.75, 3.05) is 24.7 Å². The number of nitrogens with zero attached hydrogens (tertiary/aromatic N) is 8. The number of hydrogen-bond donors (Lipinski definition) is 4. The highest BCUT2D eigenvalue weighted by atomic mass is 31.2. The molecule has 26 heteroatoms. The number of fused-ring (bicyclic) bond motifs is 3. The molecule has 3 saturated heterocycles. The molecule has 266 valence electrons. The van der Waals surface area contributed by atoms with E-state index >= 15 is 13.2 Å². The summed E-state index contributed by atoms with van der Waals surface area (Å²) in [5.74, 6) is -4.25. The van der Waals surface area contributed by atoms with Gasteiger partial charge in [-0.2, -0.15) is 9.97 Å². The molecule has 7 heterocycles. The van der Waals surface area contributed by atoms with Gasteiger partial charge >= 0.3 is 15.6 Å². The Balaban J connectivity index is 1.14. The molecule has 21 nitrogen and oxygen atoms in total. The first-order chi connectivity index (χ1) is 23.6. The van der Waals surface area contributed by atoms with Crippen LogP contribution in [0.25, 0.3) is 22.3 Å². The van der Waals surface area contributed by atoms with Crippen LogP contribution in [0.15, 0.2) is 19.0 Å². The van der Waals surface area contributed by atoms with Crippen molar-refractivity contribution in [2.24, 2.45) is 5.41 Å². The Hall–Kier alpha value is -4.01. The van der Waals surface area contributed by atoms with Crippen molar-refractivity contribution in [3.63, 3.8) is 0 Å². The number of phosphoric ester groups is 2. The molecule has 1 aliphatic carbocycles. The lowest BCUT2D eigenvalue weighted by Crippen LogP contribution is -2.37. The summed E-state index contributed by atoms with van der Waals surface area (Å²) in [6.45, 7) is -2.08. The number of hydrogen-bond acceptors (Lipinski definition) is 17. The van der Waals surface area contributed by atoms with Crippen LogP contribution in [0.3, 0.4) is 0 Å². The summed E-state index contributed by atoms with van der Waals surface area (Å²) in [4.78, 5) is 45.4. The molecule has 2 bridgehead atoms. The average Bonchev–Trinajstić information content (AvgIpc) is 3.54. The van der Waals surface area contributed by atoms with Crippen LogP contribution in [-0.4, -0.2) is 98.5 Å². The Kier molecular flexibility index (Phi) is 7.46. The maximum Gasteiger partial charge on any atom is 0.472 e. The smallest absolute Gasteiger partial charge is 0.385 e. The molecular weight excluding hydrogens is 723 g/mol. The predicted molar refractivity (Wildman–Crippen MR) is 155 cm³/mol. The second kappa shape index (κ2) is 11.2. The van der Waals surface area contributed by atoms with Crippen LogP contribution in [0.4, 0.5) is 24.9 Å². The Labute approximate surface area is 276 Å². The first-order valence-corrected chi connectivity index (χ1v) is 17.3. The molecule has 10 atom stereocenters. The zero-order chi connectivity index (χ0) is 35.4. The summed E-state index contributed by atoms with van der Waals surface area (Å²) >= 11 is 0. The van der Waals surface area contributed by atoms with E-state index in [0.717, 1.165) is 28.1 Å². The minimum Gasteiger partial charge on any atom is -0.385 e. The Morgan fingerprint density at radius 1 is 0.960 bits per heavy atom. The van der Waals surface area contributed by atoms with Crippen molar-refractivity contribution in [3.05, 3.63) is 19.0 Å². The van der Waals surface area contributed by atoms with Gasteiger partial charge in [-0.1, -0.05) is 6.42 Å². The molecular formula is C24H23F3N10O11P2. The van der Waals surface area contributed by atoms with Crippen molar-refractivity contribution < 1.29 is 64.4 Å². The molecule has 50 heavy (non-hydrogen) atoms. The Bertz CT molecular complexity index is 2170. The minimum atomic E-state index is -5.37. The maximum absolute atomic E-state index is 16.2. The van der Waals surface area contributed by atoms with E-state index in [2.05, 4.69) is 29.9 Å². The van der Waals surface area contributed by atoms with Crippen LogP contribution in [0.2, 0.25) is 0 Å². The lowest BCUT2D eigenvalue weighted by atomic mass is 9.94. The van der Waals surface area contributed by atoms with E-state index in [1.54, 1.807) is 0 Å². The highest BCUT2D eigenvalue weighted by Crippen LogP contribution is 2.73. The minimum absolute atomic E-state index is 0.0120. The van der Waals surface area contributed by atoms with Crippen molar-refractivity contribution in [2.45, 2.75) is 55.4 Å². The van der Waals surface area contributed by atoms with Crippen LogP contribution in [0, 0.1) is 17.9 Å². The lowest BCUT2D eigenvalue weighted by Gasteiger charge is -2.27. The number of phosphoric acid groups is 2. The number of ether oxygens (including phenoxy) is 3. The van der Waals surface area contributed by atoms with E-state index in [1.807, 2.05) is 6.11 Å². The van der Waals surface area contributed by atoms with Crippen molar-refractivity contribution in [1.29, 1.82) is 0 Å². The van der Waals surface area contributed by atoms with Crippen molar-refractivity contribution in [1.82, 2.24) is 39.0 Å². The molecule has 4 aromatic rings. The van der Waals surface area contributed by atoms with E-state index in [-0.39, 0.29) is 40.0 Å². The predicted octanol–water partition coefficient (Wildman–Crippen LogP) is 0.976. The van der Waals surface area contributed by atoms with Crippen LogP contribution in [0.5, 0.6) is 5.88 Å². The third-order valence-corrected chi connectivity index (χ3v) is 10.7. The number of terminal acetylenes is 1. The largest absolute Gasteiger partial charge is 0.472 e. The summed E-state index contributed by atoms with van der Waals surface area (Å²) in [6.07, 6.45) is -3.86. The zero-order valence-electron chi connectivity index (χ0n) is 24.8. The fourth-order valence-electron chi connectivity index (χ4n) is 6.47. The summed E-state index contributed by atoms with van der Waals surface area (Å²) in [6, 6.07) is 0. The molecule has 4 aliphatic rings. The molecule has 6 N–H and O–H groups in total. The molecule has 0 aromatic carbocycles. The Morgan fingerprint density at radius 3 is 2.36 bits per heavy atom. The summed E-state index contributed by atoms with van der Waals surface area (Å²) < 4.78 is 113. The summed E-state index contributed by atoms with van der Waals surface area (Å²) in [5, 5.41) is 0. The number of rotatable bonds is 3. The molecule has 0 radical (unpaired) electrons. The van der Waals surface area contributed by atoms with Gasteiger partial charge in [-0.25, -0.2) is 42.2 Å². The fourth-order valence-corrected chi connectivity index (χ4v) is 8.39. The average molecular weight is 746 g/mol. The molecule has 0 amide bonds. The third-order valence-electron chi connectivity index (χ3n) is 8.77. The van der Waals surface area contributed by atoms with Gasteiger partial charge in [-0.3, -0.25) is 27.2 Å². The summed E-state index contributed by atoms with van der Waals surface area (Å²) in [7, 11) is -10.7. The third kappa shape index (κ3) is 5.12. The van der Waals surface area contributed by atoms with Gasteiger partial charge in [-0.15, -0.1) is 0 Å². The van der Waals surface area contributed by atoms with Crippen LogP contribution < -0.4 is 16.2 Å². The molecule has 1 saturated carbocycles. The molecule has 4 fully saturated rings. The second-order valence-corrected chi connectivity index (χ2v) is 14.4. The normalized spacial score (nSPS) is 38.3. The number of nitrogen functional groups attached to an aromatic ring is 2. The maximum atomic E-state index is 16.2. The van der Waals surface area contributed by atoms with Gasteiger partial charge in [0.25, 0.3) is 11.8 Å². The van der Waals surface area contributed by atoms with E-state index in [1.165, 1.54) is 0 Å². The van der Waals surface area contributed by atoms with Gasteiger partial charge in [0.15, 0.2) is 41.3 Å². The van der Waals surface area contributed by atoms with Crippen LogP contribution in [-0.2, 0) is 36.7 Å². The summed E-state index contributed by atoms with van der Waals surface area (Å²) in [5.41, 5.74) is 9.05. The molecule has 4 aromatic heterocycles. The van der Waals surface area contributed by atoms with Crippen LogP contribution in [0.1, 0.15) is 18.9 Å². The highest BCUT2D eigenvalue weighted by molar-refractivity contribution is 7.47. The van der Waals surface area contributed by atoms with Gasteiger partial charge in [0, 0.05) is 6.42 Å². The van der Waals surface area contributed by atoms with Crippen molar-refractivity contribution >= 4 is 49.7 Å². The van der Waals surface area contributed by atoms with E-state index in [9.17, 15) is 18.9 Å². The van der Waals surface area contributed by atoms with Gasteiger partial charge in [-0.05, 0) is 0 Å². The van der Waals surface area contributed by atoms with Gasteiger partial charge in [0.05, 0.1) is 37.4 Å². The number of imidazole rings is 2. The number of alkyl halides is 3. The second-order valence-electron chi connectivity index (χ2n) is 11.6. The monoisotopic (exact) mass is 746 g/mol. The Morgan fingerprint density at radius 2 is 1.64 bits per heavy atom. The fraction of sp³-hybridized carbons (Fsp3) is 0.500. The van der Waals surface area contributed by atoms with E-state index < -0.39 is 89.7 Å². The number of nitrogens with two attached hydrogens (primary N) is 2. The van der Waals surface area contributed by atoms with E-state index in [0.29, 0.717) is 0 Å². The number of aromatic nitrogens is 8. The van der Waals surface area contributed by atoms with Crippen molar-refractivity contribution in [3.8, 4) is 18.4 Å². The standard InChI is InChI=1S/C24H23F3N10O11P2/c1-2-42-19-13-18(34-22(29)35-19)37(8-33-13)20-11(25)14-9(45-20)3-43-50(40,41)48-15-21(36-7-32-12-16(28)30-6-31-17(12)36)46-10(4-44-49(38,39)47-14)23(15)5-24(23,26)27/h1,6-11,14-15,20-21H,3-5H2,(H,38,39)(H,40,41)(H2,28,30,31)(H2,29,34,35)/t9-,10-,11-,14-,15+,20-,21-,23-/m1/s1. The van der Waals surface area contributed by atoms with Gasteiger partial charge in [0.2, 0.25) is 5.95 Å². The first-order valence-electron chi connectivity index (χ1n) is 14.3. The quantitative estimate of drug-likeness (QED) is 0.168. The SMILES string of the molecule is C#COc1nc(N)nc2c1ncn2[C@@H]1O[C@@H]2COP(=O)(O)O[C@H]3[C@H](n4cnc5c(N)ncnc54)O[C@H](COP(=O)(O)O[C@H]2[C@H]1F)[C@]31CC1(F)F. The molecule has 8 rings (SSSR count). The van der Waals surface area contributed by atoms with E-state index in [4.69, 9.17) is 50.2 Å².